The molecule has 1 unspecified atom stereocenters. The highest BCUT2D eigenvalue weighted by Crippen LogP contribution is 2.25. The Hall–Kier alpha value is -0.580. The summed E-state index contributed by atoms with van der Waals surface area (Å²) in [5.41, 5.74) is 1.23. The minimum Gasteiger partial charge on any atom is -0.496 e. The Balaban J connectivity index is 2.41. The topological polar surface area (TPSA) is 41.5 Å². The molecule has 0 radical (unpaired) electrons. The van der Waals surface area contributed by atoms with E-state index < -0.39 is 0 Å². The van der Waals surface area contributed by atoms with Crippen LogP contribution in [0.25, 0.3) is 0 Å². The van der Waals surface area contributed by atoms with Gasteiger partial charge in [0, 0.05) is 13.2 Å². The first-order chi connectivity index (χ1) is 9.21. The smallest absolute Gasteiger partial charge is 0.133 e. The first-order valence-corrected chi connectivity index (χ1v) is 7.64. The molecule has 0 spiro atoms. The van der Waals surface area contributed by atoms with E-state index in [4.69, 9.17) is 9.84 Å². The molecule has 0 aliphatic carbocycles. The molecule has 108 valence electrons. The van der Waals surface area contributed by atoms with Crippen LogP contribution in [0.4, 0.5) is 0 Å². The van der Waals surface area contributed by atoms with Crippen LogP contribution in [-0.2, 0) is 6.54 Å². The molecule has 1 rings (SSSR count). The van der Waals surface area contributed by atoms with Crippen LogP contribution in [0, 0.1) is 5.92 Å². The van der Waals surface area contributed by atoms with Gasteiger partial charge in [0.05, 0.1) is 11.6 Å². The van der Waals surface area contributed by atoms with Crippen molar-refractivity contribution in [2.45, 2.75) is 32.7 Å². The molecule has 0 fully saturated rings. The molecule has 1 aromatic carbocycles. The molecule has 2 N–H and O–H groups in total. The molecule has 0 aromatic heterocycles. The number of hydrogen-bond acceptors (Lipinski definition) is 3. The molecule has 0 heterocycles. The lowest BCUT2D eigenvalue weighted by Gasteiger charge is -2.16. The second kappa shape index (κ2) is 9.34. The Morgan fingerprint density at radius 1 is 1.37 bits per heavy atom. The maximum atomic E-state index is 9.03. The Labute approximate surface area is 124 Å². The minimum absolute atomic E-state index is 0.278. The maximum Gasteiger partial charge on any atom is 0.133 e. The number of ether oxygens (including phenoxy) is 1. The van der Waals surface area contributed by atoms with Crippen molar-refractivity contribution in [1.82, 2.24) is 5.32 Å². The summed E-state index contributed by atoms with van der Waals surface area (Å²) in [6.45, 7) is 4.26. The highest BCUT2D eigenvalue weighted by Gasteiger charge is 2.07. The van der Waals surface area contributed by atoms with Gasteiger partial charge in [-0.25, -0.2) is 0 Å². The number of aliphatic hydroxyl groups is 1. The van der Waals surface area contributed by atoms with Crippen LogP contribution < -0.4 is 10.1 Å². The highest BCUT2D eigenvalue weighted by molar-refractivity contribution is 9.10. The molecule has 0 aliphatic rings. The van der Waals surface area contributed by atoms with Gasteiger partial charge in [-0.15, -0.1) is 0 Å². The van der Waals surface area contributed by atoms with Gasteiger partial charge in [0.15, 0.2) is 0 Å². The Morgan fingerprint density at radius 3 is 2.74 bits per heavy atom. The van der Waals surface area contributed by atoms with Crippen molar-refractivity contribution < 1.29 is 9.84 Å². The Morgan fingerprint density at radius 2 is 2.16 bits per heavy atom. The molecule has 0 aliphatic heterocycles. The summed E-state index contributed by atoms with van der Waals surface area (Å²) >= 11 is 3.49. The van der Waals surface area contributed by atoms with Crippen molar-refractivity contribution in [3.05, 3.63) is 28.2 Å². The predicted molar refractivity (Wildman–Crippen MR) is 82.5 cm³/mol. The summed E-state index contributed by atoms with van der Waals surface area (Å²) in [6.07, 6.45) is 3.22. The molecular formula is C15H24BrNO2. The lowest BCUT2D eigenvalue weighted by Crippen LogP contribution is -2.23. The van der Waals surface area contributed by atoms with E-state index in [1.165, 1.54) is 18.4 Å². The lowest BCUT2D eigenvalue weighted by atomic mass is 10.0. The van der Waals surface area contributed by atoms with Crippen LogP contribution in [-0.4, -0.2) is 25.4 Å². The average Bonchev–Trinajstić information content (AvgIpc) is 2.39. The Kier molecular flexibility index (Phi) is 8.10. The van der Waals surface area contributed by atoms with E-state index >= 15 is 0 Å². The summed E-state index contributed by atoms with van der Waals surface area (Å²) in [7, 11) is 1.67. The predicted octanol–water partition coefficient (Wildman–Crippen LogP) is 3.35. The molecule has 0 bridgehead atoms. The molecule has 0 saturated heterocycles. The van der Waals surface area contributed by atoms with Gasteiger partial charge in [-0.05, 0) is 58.9 Å². The van der Waals surface area contributed by atoms with Crippen LogP contribution in [0.5, 0.6) is 5.75 Å². The highest BCUT2D eigenvalue weighted by atomic mass is 79.9. The number of methoxy groups -OCH3 is 1. The monoisotopic (exact) mass is 329 g/mol. The van der Waals surface area contributed by atoms with E-state index in [0.29, 0.717) is 5.92 Å². The summed E-state index contributed by atoms with van der Waals surface area (Å²) < 4.78 is 6.19. The minimum atomic E-state index is 0.278. The molecule has 1 atom stereocenters. The summed E-state index contributed by atoms with van der Waals surface area (Å²) in [6, 6.07) is 6.11. The first kappa shape index (κ1) is 16.5. The van der Waals surface area contributed by atoms with Crippen LogP contribution in [0.1, 0.15) is 31.7 Å². The lowest BCUT2D eigenvalue weighted by molar-refractivity contribution is 0.248. The molecule has 0 saturated carbocycles. The van der Waals surface area contributed by atoms with Gasteiger partial charge in [0.1, 0.15) is 5.75 Å². The molecule has 1 aromatic rings. The quantitative estimate of drug-likeness (QED) is 0.730. The van der Waals surface area contributed by atoms with Crippen molar-refractivity contribution in [1.29, 1.82) is 0 Å². The van der Waals surface area contributed by atoms with E-state index in [9.17, 15) is 0 Å². The van der Waals surface area contributed by atoms with E-state index in [1.54, 1.807) is 7.11 Å². The summed E-state index contributed by atoms with van der Waals surface area (Å²) in [5.74, 6) is 1.42. The first-order valence-electron chi connectivity index (χ1n) is 6.85. The SMILES string of the molecule is CCCC(CCO)CNCc1ccc(OC)c(Br)c1. The van der Waals surface area contributed by atoms with Gasteiger partial charge < -0.3 is 15.2 Å². The zero-order valence-electron chi connectivity index (χ0n) is 11.8. The normalized spacial score (nSPS) is 12.4. The van der Waals surface area contributed by atoms with Crippen LogP contribution >= 0.6 is 15.9 Å². The van der Waals surface area contributed by atoms with Crippen LogP contribution in [0.15, 0.2) is 22.7 Å². The van der Waals surface area contributed by atoms with Gasteiger partial charge in [-0.2, -0.15) is 0 Å². The van der Waals surface area contributed by atoms with E-state index in [2.05, 4.69) is 40.3 Å². The molecule has 4 heteroatoms. The second-order valence-corrected chi connectivity index (χ2v) is 5.62. The van der Waals surface area contributed by atoms with Crippen molar-refractivity contribution in [3.8, 4) is 5.75 Å². The Bertz CT molecular complexity index is 365. The number of halogens is 1. The molecule has 19 heavy (non-hydrogen) atoms. The third-order valence-corrected chi connectivity index (χ3v) is 3.83. The largest absolute Gasteiger partial charge is 0.496 e. The van der Waals surface area contributed by atoms with Crippen molar-refractivity contribution in [3.63, 3.8) is 0 Å². The fourth-order valence-electron chi connectivity index (χ4n) is 2.18. The number of benzene rings is 1. The average molecular weight is 330 g/mol. The van der Waals surface area contributed by atoms with E-state index in [-0.39, 0.29) is 6.61 Å². The summed E-state index contributed by atoms with van der Waals surface area (Å²) in [4.78, 5) is 0. The zero-order valence-corrected chi connectivity index (χ0v) is 13.4. The fourth-order valence-corrected chi connectivity index (χ4v) is 2.77. The van der Waals surface area contributed by atoms with E-state index in [1.807, 2.05) is 6.07 Å². The van der Waals surface area contributed by atoms with Crippen molar-refractivity contribution >= 4 is 15.9 Å². The van der Waals surface area contributed by atoms with Gasteiger partial charge in [0.2, 0.25) is 0 Å². The van der Waals surface area contributed by atoms with Gasteiger partial charge in [-0.1, -0.05) is 19.4 Å². The number of nitrogens with one attached hydrogen (secondary N) is 1. The van der Waals surface area contributed by atoms with Crippen LogP contribution in [0.2, 0.25) is 0 Å². The van der Waals surface area contributed by atoms with Gasteiger partial charge >= 0.3 is 0 Å². The summed E-state index contributed by atoms with van der Waals surface area (Å²) in [5, 5.41) is 12.5. The number of hydrogen-bond donors (Lipinski definition) is 2. The molecular weight excluding hydrogens is 306 g/mol. The fraction of sp³-hybridized carbons (Fsp3) is 0.600. The third kappa shape index (κ3) is 5.93. The maximum absolute atomic E-state index is 9.03. The number of rotatable bonds is 9. The second-order valence-electron chi connectivity index (χ2n) is 4.77. The number of aliphatic hydroxyl groups excluding tert-OH is 1. The third-order valence-electron chi connectivity index (χ3n) is 3.21. The van der Waals surface area contributed by atoms with Crippen LogP contribution in [0.3, 0.4) is 0 Å². The van der Waals surface area contributed by atoms with E-state index in [0.717, 1.165) is 29.7 Å². The van der Waals surface area contributed by atoms with Crippen molar-refractivity contribution in [2.75, 3.05) is 20.3 Å². The van der Waals surface area contributed by atoms with Gasteiger partial charge in [0.25, 0.3) is 0 Å². The van der Waals surface area contributed by atoms with Gasteiger partial charge in [-0.3, -0.25) is 0 Å². The van der Waals surface area contributed by atoms with Crippen molar-refractivity contribution in [2.24, 2.45) is 5.92 Å². The molecule has 0 amide bonds. The standard InChI is InChI=1S/C15H24BrNO2/c1-3-4-12(7-8-18)10-17-11-13-5-6-15(19-2)14(16)9-13/h5-6,9,12,17-18H,3-4,7-8,10-11H2,1-2H3. The molecule has 3 nitrogen and oxygen atoms in total. The zero-order chi connectivity index (χ0) is 14.1.